The Bertz CT molecular complexity index is 1200. The van der Waals surface area contributed by atoms with Crippen molar-refractivity contribution in [3.63, 3.8) is 0 Å². The van der Waals surface area contributed by atoms with Crippen molar-refractivity contribution in [2.45, 2.75) is 16.5 Å². The summed E-state index contributed by atoms with van der Waals surface area (Å²) in [5.41, 5.74) is -0.366. The number of carboxylic acid groups (broad SMARTS) is 1. The van der Waals surface area contributed by atoms with Crippen LogP contribution in [0, 0.1) is 11.6 Å². The van der Waals surface area contributed by atoms with E-state index < -0.39 is 38.3 Å². The first-order valence-corrected chi connectivity index (χ1v) is 10.4. The molecule has 0 aliphatic rings. The number of hydrogen-bond acceptors (Lipinski definition) is 4. The van der Waals surface area contributed by atoms with E-state index in [1.807, 2.05) is 0 Å². The van der Waals surface area contributed by atoms with Crippen LogP contribution in [0.1, 0.15) is 5.69 Å². The van der Waals surface area contributed by atoms with Crippen LogP contribution >= 0.6 is 15.9 Å². The van der Waals surface area contributed by atoms with Gasteiger partial charge in [0.2, 0.25) is 9.84 Å². The molecule has 3 aromatic rings. The Morgan fingerprint density at radius 3 is 2.59 bits per heavy atom. The van der Waals surface area contributed by atoms with Crippen LogP contribution in [0.5, 0.6) is 0 Å². The number of carbonyl (C=O) groups is 1. The van der Waals surface area contributed by atoms with Gasteiger partial charge in [-0.25, -0.2) is 26.7 Å². The minimum Gasteiger partial charge on any atom is -0.465 e. The van der Waals surface area contributed by atoms with Crippen LogP contribution in [0.4, 0.5) is 13.6 Å². The molecular weight excluding hydrogens is 472 g/mol. The van der Waals surface area contributed by atoms with Gasteiger partial charge in [-0.1, -0.05) is 22.0 Å². The van der Waals surface area contributed by atoms with Gasteiger partial charge >= 0.3 is 6.09 Å². The predicted octanol–water partition coefficient (Wildman–Crippen LogP) is 3.86. The second-order valence-corrected chi connectivity index (χ2v) is 8.89. The Morgan fingerprint density at radius 2 is 1.93 bits per heavy atom. The lowest BCUT2D eigenvalue weighted by Gasteiger charge is -2.10. The summed E-state index contributed by atoms with van der Waals surface area (Å²) < 4.78 is 55.7. The van der Waals surface area contributed by atoms with Gasteiger partial charge in [0.15, 0.2) is 5.03 Å². The third-order valence-corrected chi connectivity index (χ3v) is 6.18. The van der Waals surface area contributed by atoms with Crippen LogP contribution in [0.15, 0.2) is 62.9 Å². The van der Waals surface area contributed by atoms with E-state index in [2.05, 4.69) is 21.0 Å². The summed E-state index contributed by atoms with van der Waals surface area (Å²) in [7, 11) is -2.92. The first-order valence-electron chi connectivity index (χ1n) is 8.08. The van der Waals surface area contributed by atoms with Crippen LogP contribution < -0.4 is 0 Å². The van der Waals surface area contributed by atoms with Crippen LogP contribution in [-0.4, -0.2) is 41.3 Å². The molecule has 3 rings (SSSR count). The van der Waals surface area contributed by atoms with Crippen molar-refractivity contribution in [1.29, 1.82) is 0 Å². The highest BCUT2D eigenvalue weighted by Gasteiger charge is 2.27. The first kappa shape index (κ1) is 20.9. The lowest BCUT2D eigenvalue weighted by atomic mass is 10.3. The molecule has 0 radical (unpaired) electrons. The van der Waals surface area contributed by atoms with Gasteiger partial charge in [-0.2, -0.15) is 5.10 Å². The maximum absolute atomic E-state index is 14.4. The normalized spacial score (nSPS) is 11.4. The van der Waals surface area contributed by atoms with Gasteiger partial charge in [0.25, 0.3) is 0 Å². The molecule has 1 aromatic heterocycles. The second-order valence-electron chi connectivity index (χ2n) is 6.08. The van der Waals surface area contributed by atoms with Crippen molar-refractivity contribution in [2.75, 3.05) is 7.05 Å². The zero-order valence-corrected chi connectivity index (χ0v) is 17.3. The molecule has 0 aliphatic carbocycles. The van der Waals surface area contributed by atoms with Crippen molar-refractivity contribution < 1.29 is 27.1 Å². The van der Waals surface area contributed by atoms with Crippen molar-refractivity contribution >= 4 is 31.9 Å². The van der Waals surface area contributed by atoms with Gasteiger partial charge in [0.1, 0.15) is 17.3 Å². The Labute approximate surface area is 173 Å². The average molecular weight is 486 g/mol. The summed E-state index contributed by atoms with van der Waals surface area (Å²) >= 11 is 3.20. The summed E-state index contributed by atoms with van der Waals surface area (Å²) in [6.45, 7) is -0.250. The summed E-state index contributed by atoms with van der Waals surface area (Å²) in [5.74, 6) is -1.68. The standard InChI is InChI=1S/C18H14BrF2N3O4S/c1-23(18(25)26)10-13-9-17(29(27,28)14-4-2-3-11(19)7-14)24(22-13)16-8-12(20)5-6-15(16)21/h2-9H,10H2,1H3,(H,25,26). The zero-order valence-electron chi connectivity index (χ0n) is 14.9. The molecule has 1 heterocycles. The molecule has 7 nitrogen and oxygen atoms in total. The third kappa shape index (κ3) is 4.30. The summed E-state index contributed by atoms with van der Waals surface area (Å²) in [4.78, 5) is 11.9. The molecule has 0 bridgehead atoms. The molecule has 0 saturated carbocycles. The minimum absolute atomic E-state index is 0.0483. The molecule has 152 valence electrons. The zero-order chi connectivity index (χ0) is 21.3. The van der Waals surface area contributed by atoms with Gasteiger partial charge in [0.05, 0.1) is 17.1 Å². The van der Waals surface area contributed by atoms with E-state index in [9.17, 15) is 22.0 Å². The fourth-order valence-electron chi connectivity index (χ4n) is 2.57. The molecule has 0 unspecified atom stereocenters. The highest BCUT2D eigenvalue weighted by molar-refractivity contribution is 9.10. The summed E-state index contributed by atoms with van der Waals surface area (Å²) in [6.07, 6.45) is -1.26. The predicted molar refractivity (Wildman–Crippen MR) is 103 cm³/mol. The van der Waals surface area contributed by atoms with Crippen molar-refractivity contribution in [3.8, 4) is 5.69 Å². The van der Waals surface area contributed by atoms with Gasteiger partial charge in [0, 0.05) is 23.7 Å². The van der Waals surface area contributed by atoms with E-state index in [1.165, 1.54) is 25.2 Å². The van der Waals surface area contributed by atoms with E-state index in [-0.39, 0.29) is 17.1 Å². The number of aromatic nitrogens is 2. The largest absolute Gasteiger partial charge is 0.465 e. The second kappa shape index (κ2) is 7.91. The Hall–Kier alpha value is -2.79. The molecule has 0 atom stereocenters. The molecule has 1 N–H and O–H groups in total. The van der Waals surface area contributed by atoms with Gasteiger partial charge < -0.3 is 10.0 Å². The highest BCUT2D eigenvalue weighted by Crippen LogP contribution is 2.28. The molecule has 0 saturated heterocycles. The summed E-state index contributed by atoms with van der Waals surface area (Å²) in [6, 6.07) is 9.55. The van der Waals surface area contributed by atoms with Crippen LogP contribution in [-0.2, 0) is 16.4 Å². The molecule has 29 heavy (non-hydrogen) atoms. The topological polar surface area (TPSA) is 92.5 Å². The lowest BCUT2D eigenvalue weighted by molar-refractivity contribution is 0.153. The minimum atomic E-state index is -4.19. The van der Waals surface area contributed by atoms with Gasteiger partial charge in [-0.05, 0) is 30.3 Å². The molecule has 0 fully saturated rings. The Balaban J connectivity index is 2.22. The molecular formula is C18H14BrF2N3O4S. The van der Waals surface area contributed by atoms with Crippen molar-refractivity contribution in [1.82, 2.24) is 14.7 Å². The smallest absolute Gasteiger partial charge is 0.407 e. The molecule has 11 heteroatoms. The van der Waals surface area contributed by atoms with Gasteiger partial charge in [-0.15, -0.1) is 0 Å². The maximum Gasteiger partial charge on any atom is 0.407 e. The third-order valence-electron chi connectivity index (χ3n) is 3.97. The summed E-state index contributed by atoms with van der Waals surface area (Å²) in [5, 5.41) is 12.7. The average Bonchev–Trinajstić information content (AvgIpc) is 3.08. The monoisotopic (exact) mass is 485 g/mol. The molecule has 0 aliphatic heterocycles. The van der Waals surface area contributed by atoms with E-state index >= 15 is 0 Å². The Morgan fingerprint density at radius 1 is 1.21 bits per heavy atom. The number of amides is 1. The van der Waals surface area contributed by atoms with Crippen LogP contribution in [0.3, 0.4) is 0 Å². The fraction of sp³-hybridized carbons (Fsp3) is 0.111. The van der Waals surface area contributed by atoms with E-state index in [1.54, 1.807) is 6.07 Å². The highest BCUT2D eigenvalue weighted by atomic mass is 79.9. The van der Waals surface area contributed by atoms with E-state index in [4.69, 9.17) is 5.11 Å². The lowest BCUT2D eigenvalue weighted by Crippen LogP contribution is -2.24. The SMILES string of the molecule is CN(Cc1cc(S(=O)(=O)c2cccc(Br)c2)n(-c2cc(F)ccc2F)n1)C(=O)O. The number of nitrogens with zero attached hydrogens (tertiary/aromatic N) is 3. The molecule has 1 amide bonds. The Kier molecular flexibility index (Phi) is 5.71. The maximum atomic E-state index is 14.4. The first-order chi connectivity index (χ1) is 13.6. The number of sulfone groups is 1. The van der Waals surface area contributed by atoms with Crippen LogP contribution in [0.25, 0.3) is 5.69 Å². The number of hydrogen-bond donors (Lipinski definition) is 1. The van der Waals surface area contributed by atoms with Crippen molar-refractivity contribution in [3.05, 3.63) is 70.3 Å². The van der Waals surface area contributed by atoms with Crippen LogP contribution in [0.2, 0.25) is 0 Å². The fourth-order valence-corrected chi connectivity index (χ4v) is 4.56. The number of benzene rings is 2. The molecule has 0 spiro atoms. The van der Waals surface area contributed by atoms with Crippen molar-refractivity contribution in [2.24, 2.45) is 0 Å². The molecule has 2 aromatic carbocycles. The van der Waals surface area contributed by atoms with Gasteiger partial charge in [-0.3, -0.25) is 0 Å². The number of rotatable bonds is 5. The van der Waals surface area contributed by atoms with E-state index in [0.717, 1.165) is 33.8 Å². The quantitative estimate of drug-likeness (QED) is 0.592. The number of halogens is 3. The van der Waals surface area contributed by atoms with E-state index in [0.29, 0.717) is 4.47 Å².